The fraction of sp³-hybridized carbons (Fsp3) is 0.333. The average molecular weight is 275 g/mol. The van der Waals surface area contributed by atoms with Crippen LogP contribution in [0.3, 0.4) is 0 Å². The molecule has 0 spiro atoms. The molecule has 0 aliphatic heterocycles. The molecule has 0 amide bonds. The van der Waals surface area contributed by atoms with Crippen LogP contribution in [0.15, 0.2) is 41.5 Å². The molecule has 0 atom stereocenters. The number of nitrogens with one attached hydrogen (secondary N) is 1. The Morgan fingerprint density at radius 1 is 1.40 bits per heavy atom. The predicted molar refractivity (Wildman–Crippen MR) is 77.5 cm³/mol. The standard InChI is InChI=1S/C15H18FN3O/c1-11(2)19-9-8-18-14(15(19)20)17-7-6-12-4-3-5-13(16)10-12/h3-5,8-11H,6-7H2,1-2H3,(H,17,18). The van der Waals surface area contributed by atoms with Gasteiger partial charge in [0.15, 0.2) is 5.82 Å². The molecule has 0 fully saturated rings. The normalized spacial score (nSPS) is 10.8. The molecule has 0 aliphatic rings. The molecule has 2 aromatic rings. The van der Waals surface area contributed by atoms with Crippen LogP contribution in [-0.2, 0) is 6.42 Å². The lowest BCUT2D eigenvalue weighted by molar-refractivity contribution is 0.575. The highest BCUT2D eigenvalue weighted by atomic mass is 19.1. The summed E-state index contributed by atoms with van der Waals surface area (Å²) in [6.45, 7) is 4.42. The summed E-state index contributed by atoms with van der Waals surface area (Å²) < 4.78 is 14.7. The van der Waals surface area contributed by atoms with E-state index in [-0.39, 0.29) is 17.4 Å². The van der Waals surface area contributed by atoms with E-state index in [1.54, 1.807) is 23.0 Å². The van der Waals surface area contributed by atoms with Gasteiger partial charge in [-0.2, -0.15) is 0 Å². The second kappa shape index (κ2) is 6.32. The Kier molecular flexibility index (Phi) is 4.50. The Morgan fingerprint density at radius 2 is 2.20 bits per heavy atom. The highest BCUT2D eigenvalue weighted by molar-refractivity contribution is 5.31. The zero-order chi connectivity index (χ0) is 14.5. The Labute approximate surface area is 117 Å². The highest BCUT2D eigenvalue weighted by Crippen LogP contribution is 2.05. The van der Waals surface area contributed by atoms with Crippen molar-refractivity contribution in [2.24, 2.45) is 0 Å². The van der Waals surface area contributed by atoms with Gasteiger partial charge in [-0.15, -0.1) is 0 Å². The number of nitrogens with zero attached hydrogens (tertiary/aromatic N) is 2. The first kappa shape index (κ1) is 14.2. The van der Waals surface area contributed by atoms with E-state index in [1.165, 1.54) is 12.1 Å². The van der Waals surface area contributed by atoms with Gasteiger partial charge in [0, 0.05) is 25.0 Å². The number of halogens is 1. The first-order valence-electron chi connectivity index (χ1n) is 6.63. The molecule has 0 radical (unpaired) electrons. The maximum Gasteiger partial charge on any atom is 0.293 e. The first-order chi connectivity index (χ1) is 9.58. The Hall–Kier alpha value is -2.17. The molecule has 0 bridgehead atoms. The van der Waals surface area contributed by atoms with Crippen molar-refractivity contribution in [2.75, 3.05) is 11.9 Å². The lowest BCUT2D eigenvalue weighted by Crippen LogP contribution is -2.26. The summed E-state index contributed by atoms with van der Waals surface area (Å²) in [6, 6.07) is 6.53. The molecular formula is C15H18FN3O. The first-order valence-corrected chi connectivity index (χ1v) is 6.63. The van der Waals surface area contributed by atoms with Gasteiger partial charge in [0.2, 0.25) is 0 Å². The van der Waals surface area contributed by atoms with Crippen LogP contribution in [0.2, 0.25) is 0 Å². The average Bonchev–Trinajstić information content (AvgIpc) is 2.40. The molecular weight excluding hydrogens is 257 g/mol. The summed E-state index contributed by atoms with van der Waals surface area (Å²) in [5.74, 6) is 0.0834. The summed E-state index contributed by atoms with van der Waals surface area (Å²) in [6.07, 6.45) is 3.91. The van der Waals surface area contributed by atoms with Crippen LogP contribution >= 0.6 is 0 Å². The SMILES string of the molecule is CC(C)n1ccnc(NCCc2cccc(F)c2)c1=O. The van der Waals surface area contributed by atoms with Crippen molar-refractivity contribution in [2.45, 2.75) is 26.3 Å². The molecule has 5 heteroatoms. The molecule has 0 saturated carbocycles. The third kappa shape index (κ3) is 3.44. The van der Waals surface area contributed by atoms with Crippen molar-refractivity contribution in [1.29, 1.82) is 0 Å². The largest absolute Gasteiger partial charge is 0.365 e. The topological polar surface area (TPSA) is 46.9 Å². The number of rotatable bonds is 5. The van der Waals surface area contributed by atoms with E-state index in [9.17, 15) is 9.18 Å². The Morgan fingerprint density at radius 3 is 2.90 bits per heavy atom. The Bertz CT molecular complexity index is 637. The van der Waals surface area contributed by atoms with Crippen LogP contribution in [-0.4, -0.2) is 16.1 Å². The monoisotopic (exact) mass is 275 g/mol. The van der Waals surface area contributed by atoms with Gasteiger partial charge in [-0.3, -0.25) is 4.79 Å². The second-order valence-electron chi connectivity index (χ2n) is 4.89. The maximum atomic E-state index is 13.0. The molecule has 1 aromatic carbocycles. The summed E-state index contributed by atoms with van der Waals surface area (Å²) >= 11 is 0. The van der Waals surface area contributed by atoms with Crippen LogP contribution in [0.1, 0.15) is 25.5 Å². The highest BCUT2D eigenvalue weighted by Gasteiger charge is 2.06. The van der Waals surface area contributed by atoms with Crippen LogP contribution in [0.25, 0.3) is 0 Å². The molecule has 1 heterocycles. The third-order valence-corrected chi connectivity index (χ3v) is 3.02. The van der Waals surface area contributed by atoms with Gasteiger partial charge in [-0.1, -0.05) is 12.1 Å². The van der Waals surface area contributed by atoms with E-state index in [2.05, 4.69) is 10.3 Å². The van der Waals surface area contributed by atoms with Crippen LogP contribution in [0.5, 0.6) is 0 Å². The van der Waals surface area contributed by atoms with E-state index in [0.717, 1.165) is 5.56 Å². The number of anilines is 1. The third-order valence-electron chi connectivity index (χ3n) is 3.02. The Balaban J connectivity index is 2.01. The zero-order valence-electron chi connectivity index (χ0n) is 11.6. The lowest BCUT2D eigenvalue weighted by atomic mass is 10.1. The van der Waals surface area contributed by atoms with Crippen molar-refractivity contribution < 1.29 is 4.39 Å². The van der Waals surface area contributed by atoms with Gasteiger partial charge in [0.1, 0.15) is 5.82 Å². The molecule has 4 nitrogen and oxygen atoms in total. The van der Waals surface area contributed by atoms with Crippen molar-refractivity contribution in [1.82, 2.24) is 9.55 Å². The molecule has 0 unspecified atom stereocenters. The van der Waals surface area contributed by atoms with Crippen LogP contribution in [0, 0.1) is 5.82 Å². The maximum absolute atomic E-state index is 13.0. The van der Waals surface area contributed by atoms with E-state index in [0.29, 0.717) is 18.8 Å². The van der Waals surface area contributed by atoms with Crippen molar-refractivity contribution >= 4 is 5.82 Å². The molecule has 106 valence electrons. The number of hydrogen-bond donors (Lipinski definition) is 1. The van der Waals surface area contributed by atoms with Crippen molar-refractivity contribution in [3.63, 3.8) is 0 Å². The fourth-order valence-corrected chi connectivity index (χ4v) is 1.97. The fourth-order valence-electron chi connectivity index (χ4n) is 1.97. The minimum atomic E-state index is -0.248. The smallest absolute Gasteiger partial charge is 0.293 e. The summed E-state index contributed by atoms with van der Waals surface area (Å²) in [7, 11) is 0. The lowest BCUT2D eigenvalue weighted by Gasteiger charge is -2.11. The summed E-state index contributed by atoms with van der Waals surface area (Å²) in [4.78, 5) is 16.1. The summed E-state index contributed by atoms with van der Waals surface area (Å²) in [5, 5.41) is 3.01. The van der Waals surface area contributed by atoms with Gasteiger partial charge in [-0.25, -0.2) is 9.37 Å². The summed E-state index contributed by atoms with van der Waals surface area (Å²) in [5.41, 5.74) is 0.749. The predicted octanol–water partition coefficient (Wildman–Crippen LogP) is 2.62. The van der Waals surface area contributed by atoms with E-state index in [4.69, 9.17) is 0 Å². The molecule has 1 aromatic heterocycles. The van der Waals surface area contributed by atoms with Gasteiger partial charge in [0.25, 0.3) is 5.56 Å². The van der Waals surface area contributed by atoms with Gasteiger partial charge in [-0.05, 0) is 38.0 Å². The van der Waals surface area contributed by atoms with Crippen LogP contribution in [0.4, 0.5) is 10.2 Å². The molecule has 0 aliphatic carbocycles. The van der Waals surface area contributed by atoms with Gasteiger partial charge < -0.3 is 9.88 Å². The van der Waals surface area contributed by atoms with Crippen LogP contribution < -0.4 is 10.9 Å². The van der Waals surface area contributed by atoms with Crippen molar-refractivity contribution in [3.8, 4) is 0 Å². The van der Waals surface area contributed by atoms with E-state index < -0.39 is 0 Å². The number of aromatic nitrogens is 2. The number of benzene rings is 1. The van der Waals surface area contributed by atoms with E-state index in [1.807, 2.05) is 19.9 Å². The van der Waals surface area contributed by atoms with Gasteiger partial charge in [0.05, 0.1) is 0 Å². The van der Waals surface area contributed by atoms with Gasteiger partial charge >= 0.3 is 0 Å². The van der Waals surface area contributed by atoms with Crippen molar-refractivity contribution in [3.05, 3.63) is 58.4 Å². The zero-order valence-corrected chi connectivity index (χ0v) is 11.6. The van der Waals surface area contributed by atoms with E-state index >= 15 is 0 Å². The molecule has 2 rings (SSSR count). The second-order valence-corrected chi connectivity index (χ2v) is 4.89. The molecule has 0 saturated heterocycles. The molecule has 1 N–H and O–H groups in total. The minimum absolute atomic E-state index is 0.0919. The minimum Gasteiger partial charge on any atom is -0.365 e. The number of hydrogen-bond acceptors (Lipinski definition) is 3. The quantitative estimate of drug-likeness (QED) is 0.912. The molecule has 20 heavy (non-hydrogen) atoms.